The predicted octanol–water partition coefficient (Wildman–Crippen LogP) is 3.70. The van der Waals surface area contributed by atoms with Crippen molar-refractivity contribution in [3.8, 4) is 0 Å². The van der Waals surface area contributed by atoms with Crippen molar-refractivity contribution in [2.75, 3.05) is 0 Å². The summed E-state index contributed by atoms with van der Waals surface area (Å²) in [5.41, 5.74) is 1.89. The van der Waals surface area contributed by atoms with Crippen molar-refractivity contribution in [1.82, 2.24) is 0 Å². The van der Waals surface area contributed by atoms with Crippen LogP contribution in [-0.2, 0) is 0 Å². The zero-order valence-corrected chi connectivity index (χ0v) is 9.95. The van der Waals surface area contributed by atoms with Gasteiger partial charge in [-0.25, -0.2) is 0 Å². The molecule has 0 radical (unpaired) electrons. The Morgan fingerprint density at radius 2 is 1.94 bits per heavy atom. The summed E-state index contributed by atoms with van der Waals surface area (Å²) in [7, 11) is 0. The van der Waals surface area contributed by atoms with Crippen LogP contribution >= 0.6 is 0 Å². The van der Waals surface area contributed by atoms with Crippen molar-refractivity contribution in [1.29, 1.82) is 0 Å². The highest BCUT2D eigenvalue weighted by atomic mass is 16.3. The summed E-state index contributed by atoms with van der Waals surface area (Å²) >= 11 is 0. The van der Waals surface area contributed by atoms with Crippen molar-refractivity contribution in [3.05, 3.63) is 41.5 Å². The Morgan fingerprint density at radius 1 is 1.19 bits per heavy atom. The van der Waals surface area contributed by atoms with Gasteiger partial charge in [0.05, 0.1) is 5.60 Å². The number of aliphatic hydroxyl groups is 1. The molecule has 16 heavy (non-hydrogen) atoms. The van der Waals surface area contributed by atoms with Gasteiger partial charge in [0.2, 0.25) is 0 Å². The van der Waals surface area contributed by atoms with Crippen LogP contribution in [0.3, 0.4) is 0 Å². The van der Waals surface area contributed by atoms with Crippen molar-refractivity contribution in [2.45, 2.75) is 44.6 Å². The number of aryl methyl sites for hydroxylation is 1. The van der Waals surface area contributed by atoms with Crippen molar-refractivity contribution in [2.24, 2.45) is 0 Å². The first-order valence-corrected chi connectivity index (χ1v) is 6.16. The lowest BCUT2D eigenvalue weighted by atomic mass is 9.84. The van der Waals surface area contributed by atoms with E-state index in [1.54, 1.807) is 0 Å². The van der Waals surface area contributed by atoms with Crippen LogP contribution in [0, 0.1) is 6.92 Å². The van der Waals surface area contributed by atoms with Gasteiger partial charge in [0, 0.05) is 0 Å². The lowest BCUT2D eigenvalue weighted by Crippen LogP contribution is -2.28. The second-order valence-corrected chi connectivity index (χ2v) is 4.91. The lowest BCUT2D eigenvalue weighted by molar-refractivity contribution is 0.0521. The maximum Gasteiger partial charge on any atom is 0.0830 e. The highest BCUT2D eigenvalue weighted by Crippen LogP contribution is 2.29. The molecule has 0 aromatic heterocycles. The summed E-state index contributed by atoms with van der Waals surface area (Å²) < 4.78 is 0. The number of benzene rings is 1. The molecular weight excluding hydrogens is 196 g/mol. The van der Waals surface area contributed by atoms with Gasteiger partial charge >= 0.3 is 0 Å². The van der Waals surface area contributed by atoms with Crippen molar-refractivity contribution in [3.63, 3.8) is 0 Å². The maximum atomic E-state index is 10.3. The van der Waals surface area contributed by atoms with Crippen LogP contribution in [0.1, 0.15) is 43.2 Å². The Hall–Kier alpha value is -1.08. The van der Waals surface area contributed by atoms with Crippen LogP contribution < -0.4 is 0 Å². The standard InChI is InChI=1S/C15H20O/c1-13-6-5-7-14(12-13)8-11-15(16)9-3-2-4-10-15/h5-8,11-12,16H,2-4,9-10H2,1H3/b11-8-. The van der Waals surface area contributed by atoms with Gasteiger partial charge in [-0.2, -0.15) is 0 Å². The van der Waals surface area contributed by atoms with Gasteiger partial charge in [-0.1, -0.05) is 61.2 Å². The zero-order valence-electron chi connectivity index (χ0n) is 9.95. The number of rotatable bonds is 2. The molecule has 0 unspecified atom stereocenters. The van der Waals surface area contributed by atoms with E-state index in [2.05, 4.69) is 37.3 Å². The van der Waals surface area contributed by atoms with E-state index in [4.69, 9.17) is 0 Å². The lowest BCUT2D eigenvalue weighted by Gasteiger charge is -2.28. The highest BCUT2D eigenvalue weighted by Gasteiger charge is 2.25. The average molecular weight is 216 g/mol. The minimum atomic E-state index is -0.554. The van der Waals surface area contributed by atoms with Gasteiger partial charge in [0.15, 0.2) is 0 Å². The van der Waals surface area contributed by atoms with E-state index in [-0.39, 0.29) is 0 Å². The van der Waals surface area contributed by atoms with E-state index in [1.807, 2.05) is 6.08 Å². The van der Waals surface area contributed by atoms with Crippen LogP contribution in [0.5, 0.6) is 0 Å². The third-order valence-corrected chi connectivity index (χ3v) is 3.35. The Labute approximate surface area is 97.8 Å². The molecule has 0 bridgehead atoms. The summed E-state index contributed by atoms with van der Waals surface area (Å²) in [5.74, 6) is 0. The Morgan fingerprint density at radius 3 is 2.62 bits per heavy atom. The molecule has 0 saturated heterocycles. The summed E-state index contributed by atoms with van der Waals surface area (Å²) in [6.45, 7) is 2.09. The number of hydrogen-bond acceptors (Lipinski definition) is 1. The van der Waals surface area contributed by atoms with E-state index in [0.29, 0.717) is 0 Å². The van der Waals surface area contributed by atoms with Gasteiger partial charge in [0.1, 0.15) is 0 Å². The second kappa shape index (κ2) is 4.84. The Bertz CT molecular complexity index is 373. The summed E-state index contributed by atoms with van der Waals surface area (Å²) in [6, 6.07) is 8.37. The molecule has 0 heterocycles. The fourth-order valence-electron chi connectivity index (χ4n) is 2.36. The minimum Gasteiger partial charge on any atom is -0.386 e. The fraction of sp³-hybridized carbons (Fsp3) is 0.467. The number of hydrogen-bond donors (Lipinski definition) is 1. The van der Waals surface area contributed by atoms with E-state index in [9.17, 15) is 5.11 Å². The molecule has 1 aromatic rings. The first-order chi connectivity index (χ1) is 7.68. The summed E-state index contributed by atoms with van der Waals surface area (Å²) in [5, 5.41) is 10.3. The monoisotopic (exact) mass is 216 g/mol. The van der Waals surface area contributed by atoms with Gasteiger partial charge in [-0.05, 0) is 25.3 Å². The average Bonchev–Trinajstić information content (AvgIpc) is 2.28. The highest BCUT2D eigenvalue weighted by molar-refractivity contribution is 5.51. The smallest absolute Gasteiger partial charge is 0.0830 e. The molecule has 0 aliphatic heterocycles. The molecule has 1 N–H and O–H groups in total. The molecule has 1 fully saturated rings. The molecule has 1 saturated carbocycles. The minimum absolute atomic E-state index is 0.554. The predicted molar refractivity (Wildman–Crippen MR) is 68.2 cm³/mol. The van der Waals surface area contributed by atoms with Crippen LogP contribution in [-0.4, -0.2) is 10.7 Å². The molecule has 1 nitrogen and oxygen atoms in total. The van der Waals surface area contributed by atoms with Crippen molar-refractivity contribution < 1.29 is 5.11 Å². The molecule has 1 heteroatoms. The first-order valence-electron chi connectivity index (χ1n) is 6.16. The normalized spacial score (nSPS) is 20.1. The van der Waals surface area contributed by atoms with E-state index in [1.165, 1.54) is 17.5 Å². The Kier molecular flexibility index (Phi) is 3.45. The molecular formula is C15H20O. The third kappa shape index (κ3) is 2.96. The first kappa shape index (κ1) is 11.4. The molecule has 1 aromatic carbocycles. The molecule has 1 aliphatic rings. The molecule has 86 valence electrons. The molecule has 0 atom stereocenters. The molecule has 0 amide bonds. The summed E-state index contributed by atoms with van der Waals surface area (Å²) in [6.07, 6.45) is 9.42. The van der Waals surface area contributed by atoms with E-state index < -0.39 is 5.60 Å². The second-order valence-electron chi connectivity index (χ2n) is 4.91. The molecule has 2 rings (SSSR count). The van der Waals surface area contributed by atoms with Crippen molar-refractivity contribution >= 4 is 6.08 Å². The fourth-order valence-corrected chi connectivity index (χ4v) is 2.36. The van der Waals surface area contributed by atoms with Crippen LogP contribution in [0.2, 0.25) is 0 Å². The molecule has 0 spiro atoms. The quantitative estimate of drug-likeness (QED) is 0.799. The van der Waals surface area contributed by atoms with Gasteiger partial charge < -0.3 is 5.11 Å². The zero-order chi connectivity index (χ0) is 11.4. The largest absolute Gasteiger partial charge is 0.386 e. The SMILES string of the molecule is Cc1cccc(/C=C\C2(O)CCCCC2)c1. The topological polar surface area (TPSA) is 20.2 Å². The summed E-state index contributed by atoms with van der Waals surface area (Å²) in [4.78, 5) is 0. The Balaban J connectivity index is 2.08. The maximum absolute atomic E-state index is 10.3. The van der Waals surface area contributed by atoms with E-state index in [0.717, 1.165) is 25.7 Å². The molecule has 1 aliphatic carbocycles. The van der Waals surface area contributed by atoms with E-state index >= 15 is 0 Å². The van der Waals surface area contributed by atoms with Gasteiger partial charge in [-0.15, -0.1) is 0 Å². The van der Waals surface area contributed by atoms with Crippen LogP contribution in [0.4, 0.5) is 0 Å². The van der Waals surface area contributed by atoms with Gasteiger partial charge in [-0.3, -0.25) is 0 Å². The van der Waals surface area contributed by atoms with Gasteiger partial charge in [0.25, 0.3) is 0 Å². The van der Waals surface area contributed by atoms with Crippen LogP contribution in [0.15, 0.2) is 30.3 Å². The third-order valence-electron chi connectivity index (χ3n) is 3.35. The van der Waals surface area contributed by atoms with Crippen LogP contribution in [0.25, 0.3) is 6.08 Å².